The van der Waals surface area contributed by atoms with E-state index in [1.54, 1.807) is 11.8 Å². The molecule has 1 fully saturated rings. The summed E-state index contributed by atoms with van der Waals surface area (Å²) in [5, 5.41) is 0. The van der Waals surface area contributed by atoms with Crippen LogP contribution < -0.4 is 4.90 Å². The van der Waals surface area contributed by atoms with Crippen LogP contribution in [0.5, 0.6) is 0 Å². The second-order valence-corrected chi connectivity index (χ2v) is 8.09. The zero-order valence-electron chi connectivity index (χ0n) is 14.1. The Hall–Kier alpha value is -1.94. The number of benzene rings is 2. The monoisotopic (exact) mass is 338 g/mol. The number of urea groups is 1. The van der Waals surface area contributed by atoms with E-state index in [1.807, 2.05) is 46.2 Å². The normalized spacial score (nSPS) is 22.8. The van der Waals surface area contributed by atoms with Crippen molar-refractivity contribution in [1.82, 2.24) is 4.90 Å². The first-order valence-electron chi connectivity index (χ1n) is 8.58. The molecule has 0 saturated carbocycles. The van der Waals surface area contributed by atoms with Gasteiger partial charge in [0.05, 0.1) is 11.4 Å². The number of hydrogen-bond acceptors (Lipinski definition) is 2. The molecule has 1 saturated heterocycles. The van der Waals surface area contributed by atoms with Crippen LogP contribution in [-0.2, 0) is 0 Å². The number of hydrogen-bond donors (Lipinski definition) is 0. The van der Waals surface area contributed by atoms with Gasteiger partial charge in [-0.3, -0.25) is 4.90 Å². The predicted octanol–water partition coefficient (Wildman–Crippen LogP) is 5.39. The number of fused-ring (bicyclic) bond motifs is 2. The summed E-state index contributed by atoms with van der Waals surface area (Å²) in [6.45, 7) is 6.17. The predicted molar refractivity (Wildman–Crippen MR) is 99.1 cm³/mol. The maximum Gasteiger partial charge on any atom is 0.329 e. The van der Waals surface area contributed by atoms with Gasteiger partial charge in [-0.05, 0) is 42.5 Å². The average molecular weight is 338 g/mol. The summed E-state index contributed by atoms with van der Waals surface area (Å²) < 4.78 is 0. The lowest BCUT2D eigenvalue weighted by molar-refractivity contribution is 0.153. The smallest absolute Gasteiger partial charge is 0.324 e. The van der Waals surface area contributed by atoms with Gasteiger partial charge in [0, 0.05) is 22.9 Å². The Kier molecular flexibility index (Phi) is 4.01. The lowest BCUT2D eigenvalue weighted by atomic mass is 9.92. The van der Waals surface area contributed by atoms with E-state index in [2.05, 4.69) is 26.0 Å². The van der Waals surface area contributed by atoms with E-state index in [1.165, 1.54) is 6.42 Å². The molecule has 0 aliphatic carbocycles. The number of amides is 2. The lowest BCUT2D eigenvalue weighted by Crippen LogP contribution is -2.48. The fourth-order valence-electron chi connectivity index (χ4n) is 3.87. The van der Waals surface area contributed by atoms with Crippen LogP contribution in [0.4, 0.5) is 16.2 Å². The summed E-state index contributed by atoms with van der Waals surface area (Å²) in [6.07, 6.45) is 1.20. The molecule has 2 aliphatic rings. The zero-order chi connectivity index (χ0) is 16.7. The Bertz CT molecular complexity index is 720. The van der Waals surface area contributed by atoms with Crippen molar-refractivity contribution in [2.24, 2.45) is 11.8 Å². The van der Waals surface area contributed by atoms with Gasteiger partial charge in [0.2, 0.25) is 0 Å². The Morgan fingerprint density at radius 3 is 1.96 bits per heavy atom. The van der Waals surface area contributed by atoms with Crippen molar-refractivity contribution in [2.75, 3.05) is 18.0 Å². The Labute approximate surface area is 147 Å². The molecule has 3 nitrogen and oxygen atoms in total. The molecule has 124 valence electrons. The standard InChI is InChI=1S/C20H22N2OS/c1-14-11-15(2)13-21(12-14)20(23)22-16-7-3-5-9-18(16)24-19-10-6-4-8-17(19)22/h3-10,14-15H,11-13H2,1-2H3/t14-,15-/m1/s1. The molecule has 0 aromatic heterocycles. The summed E-state index contributed by atoms with van der Waals surface area (Å²) in [5.74, 6) is 1.12. The van der Waals surface area contributed by atoms with Crippen molar-refractivity contribution in [3.05, 3.63) is 48.5 Å². The van der Waals surface area contributed by atoms with Crippen LogP contribution >= 0.6 is 11.8 Å². The topological polar surface area (TPSA) is 23.6 Å². The van der Waals surface area contributed by atoms with Crippen LogP contribution in [0.15, 0.2) is 58.3 Å². The van der Waals surface area contributed by atoms with Crippen molar-refractivity contribution in [1.29, 1.82) is 0 Å². The second kappa shape index (κ2) is 6.17. The van der Waals surface area contributed by atoms with E-state index >= 15 is 0 Å². The van der Waals surface area contributed by atoms with Crippen molar-refractivity contribution in [3.63, 3.8) is 0 Å². The number of piperidine rings is 1. The molecule has 0 unspecified atom stereocenters. The number of para-hydroxylation sites is 2. The van der Waals surface area contributed by atoms with Crippen LogP contribution in [0.3, 0.4) is 0 Å². The fourth-order valence-corrected chi connectivity index (χ4v) is 4.93. The maximum atomic E-state index is 13.4. The Morgan fingerprint density at radius 2 is 1.42 bits per heavy atom. The van der Waals surface area contributed by atoms with Crippen molar-refractivity contribution in [2.45, 2.75) is 30.1 Å². The van der Waals surface area contributed by atoms with Gasteiger partial charge in [0.25, 0.3) is 0 Å². The van der Waals surface area contributed by atoms with Crippen molar-refractivity contribution >= 4 is 29.2 Å². The first-order chi connectivity index (χ1) is 11.6. The molecule has 2 aromatic rings. The average Bonchev–Trinajstić information content (AvgIpc) is 2.58. The number of nitrogens with zero attached hydrogens (tertiary/aromatic N) is 2. The number of likely N-dealkylation sites (tertiary alicyclic amines) is 1. The van der Waals surface area contributed by atoms with E-state index < -0.39 is 0 Å². The van der Waals surface area contributed by atoms with E-state index in [4.69, 9.17) is 0 Å². The van der Waals surface area contributed by atoms with E-state index in [9.17, 15) is 4.79 Å². The molecule has 4 rings (SSSR count). The molecule has 2 aromatic carbocycles. The minimum atomic E-state index is 0.105. The second-order valence-electron chi connectivity index (χ2n) is 7.01. The summed E-state index contributed by atoms with van der Waals surface area (Å²) >= 11 is 1.74. The van der Waals surface area contributed by atoms with Gasteiger partial charge in [0.15, 0.2) is 0 Å². The molecular weight excluding hydrogens is 316 g/mol. The largest absolute Gasteiger partial charge is 0.329 e. The van der Waals surface area contributed by atoms with Crippen molar-refractivity contribution in [3.8, 4) is 0 Å². The SMILES string of the molecule is C[C@@H]1C[C@@H](C)CN(C(=O)N2c3ccccc3Sc3ccccc32)C1. The summed E-state index contributed by atoms with van der Waals surface area (Å²) in [4.78, 5) is 19.6. The van der Waals surface area contributed by atoms with Crippen LogP contribution in [0.2, 0.25) is 0 Å². The van der Waals surface area contributed by atoms with Gasteiger partial charge in [-0.15, -0.1) is 0 Å². The van der Waals surface area contributed by atoms with Gasteiger partial charge >= 0.3 is 6.03 Å². The molecule has 2 atom stereocenters. The van der Waals surface area contributed by atoms with Gasteiger partial charge in [-0.2, -0.15) is 0 Å². The third-order valence-electron chi connectivity index (χ3n) is 4.76. The first kappa shape index (κ1) is 15.6. The van der Waals surface area contributed by atoms with Crippen LogP contribution in [0.25, 0.3) is 0 Å². The van der Waals surface area contributed by atoms with Crippen LogP contribution in [0, 0.1) is 11.8 Å². The minimum Gasteiger partial charge on any atom is -0.324 e. The molecule has 2 aliphatic heterocycles. The number of anilines is 2. The third kappa shape index (κ3) is 2.69. The maximum absolute atomic E-state index is 13.4. The molecule has 24 heavy (non-hydrogen) atoms. The molecule has 4 heteroatoms. The molecule has 0 radical (unpaired) electrons. The van der Waals surface area contributed by atoms with E-state index in [-0.39, 0.29) is 6.03 Å². The minimum absolute atomic E-state index is 0.105. The van der Waals surface area contributed by atoms with Crippen molar-refractivity contribution < 1.29 is 4.79 Å². The highest BCUT2D eigenvalue weighted by atomic mass is 32.2. The molecule has 0 spiro atoms. The highest BCUT2D eigenvalue weighted by Crippen LogP contribution is 2.48. The van der Waals surface area contributed by atoms with E-state index in [0.717, 1.165) is 34.3 Å². The van der Waals surface area contributed by atoms with Gasteiger partial charge in [0.1, 0.15) is 0 Å². The van der Waals surface area contributed by atoms with Gasteiger partial charge < -0.3 is 4.90 Å². The quantitative estimate of drug-likeness (QED) is 0.643. The van der Waals surface area contributed by atoms with Crippen LogP contribution in [0.1, 0.15) is 20.3 Å². The molecule has 2 heterocycles. The fraction of sp³-hybridized carbons (Fsp3) is 0.350. The Balaban J connectivity index is 1.75. The number of carbonyl (C=O) groups excluding carboxylic acids is 1. The lowest BCUT2D eigenvalue weighted by Gasteiger charge is -2.40. The Morgan fingerprint density at radius 1 is 0.917 bits per heavy atom. The third-order valence-corrected chi connectivity index (χ3v) is 5.89. The zero-order valence-corrected chi connectivity index (χ0v) is 14.9. The highest BCUT2D eigenvalue weighted by molar-refractivity contribution is 7.99. The highest BCUT2D eigenvalue weighted by Gasteiger charge is 2.33. The number of carbonyl (C=O) groups is 1. The number of rotatable bonds is 0. The van der Waals surface area contributed by atoms with Gasteiger partial charge in [-0.1, -0.05) is 49.9 Å². The molecule has 0 bridgehead atoms. The molecular formula is C20H22N2OS. The first-order valence-corrected chi connectivity index (χ1v) is 9.40. The summed E-state index contributed by atoms with van der Waals surface area (Å²) in [6, 6.07) is 16.5. The van der Waals surface area contributed by atoms with Crippen LogP contribution in [-0.4, -0.2) is 24.0 Å². The van der Waals surface area contributed by atoms with Gasteiger partial charge in [-0.25, -0.2) is 4.79 Å². The molecule has 0 N–H and O–H groups in total. The molecule has 2 amide bonds. The summed E-state index contributed by atoms with van der Waals surface area (Å²) in [7, 11) is 0. The summed E-state index contributed by atoms with van der Waals surface area (Å²) in [5.41, 5.74) is 1.99. The van der Waals surface area contributed by atoms with E-state index in [0.29, 0.717) is 11.8 Å².